The van der Waals surface area contributed by atoms with Gasteiger partial charge in [-0.1, -0.05) is 29.2 Å². The van der Waals surface area contributed by atoms with E-state index in [1.807, 2.05) is 6.92 Å². The Hall–Kier alpha value is -3.89. The Bertz CT molecular complexity index is 1550. The number of rotatable bonds is 10. The summed E-state index contributed by atoms with van der Waals surface area (Å²) in [6.07, 6.45) is 0. The highest BCUT2D eigenvalue weighted by molar-refractivity contribution is 8.01. The van der Waals surface area contributed by atoms with Crippen LogP contribution < -0.4 is 10.1 Å². The van der Waals surface area contributed by atoms with Gasteiger partial charge in [-0.25, -0.2) is 4.79 Å². The molecule has 40 heavy (non-hydrogen) atoms. The lowest BCUT2D eigenvalue weighted by atomic mass is 10.0. The van der Waals surface area contributed by atoms with E-state index in [0.29, 0.717) is 27.0 Å². The Morgan fingerprint density at radius 3 is 2.80 bits per heavy atom. The molecule has 16 heteroatoms. The summed E-state index contributed by atoms with van der Waals surface area (Å²) < 4.78 is 11.8. The number of hydrogen-bond acceptors (Lipinski definition) is 12. The SMILES string of the molecule is Cc1ccc(OCc2ccc(C(=O)N[C@@H]3C(=O)N4C(C(=O)O)=C(CSc5nnc(C)s5)CS[C@@H]34)o2)c([N+](=O)[O-])c1. The van der Waals surface area contributed by atoms with E-state index >= 15 is 0 Å². The van der Waals surface area contributed by atoms with Crippen molar-refractivity contribution in [2.75, 3.05) is 11.5 Å². The smallest absolute Gasteiger partial charge is 0.352 e. The maximum atomic E-state index is 12.9. The van der Waals surface area contributed by atoms with E-state index in [1.165, 1.54) is 64.0 Å². The summed E-state index contributed by atoms with van der Waals surface area (Å²) in [4.78, 5) is 49.8. The minimum Gasteiger partial charge on any atom is -0.479 e. The average molecular weight is 604 g/mol. The highest BCUT2D eigenvalue weighted by Gasteiger charge is 2.54. The number of nitrogens with zero attached hydrogens (tertiary/aromatic N) is 4. The van der Waals surface area contributed by atoms with Crippen molar-refractivity contribution >= 4 is 58.3 Å². The number of aromatic nitrogens is 2. The lowest BCUT2D eigenvalue weighted by molar-refractivity contribution is -0.386. The quantitative estimate of drug-likeness (QED) is 0.150. The van der Waals surface area contributed by atoms with Gasteiger partial charge in [0.05, 0.1) is 4.92 Å². The van der Waals surface area contributed by atoms with Crippen molar-refractivity contribution in [2.45, 2.75) is 36.2 Å². The van der Waals surface area contributed by atoms with Gasteiger partial charge < -0.3 is 19.6 Å². The van der Waals surface area contributed by atoms with Gasteiger partial charge >= 0.3 is 11.7 Å². The molecule has 1 aromatic carbocycles. The molecule has 0 spiro atoms. The van der Waals surface area contributed by atoms with E-state index in [2.05, 4.69) is 15.5 Å². The first-order valence-corrected chi connectivity index (χ1v) is 14.6. The summed E-state index contributed by atoms with van der Waals surface area (Å²) in [5, 5.41) is 32.0. The number of aryl methyl sites for hydroxylation is 2. The number of β-lactam (4-membered cyclic amide) rings is 1. The maximum Gasteiger partial charge on any atom is 0.352 e. The zero-order valence-electron chi connectivity index (χ0n) is 21.0. The van der Waals surface area contributed by atoms with Crippen LogP contribution in [0.25, 0.3) is 0 Å². The number of furan rings is 1. The minimum absolute atomic E-state index is 0.0611. The summed E-state index contributed by atoms with van der Waals surface area (Å²) in [5.41, 5.74) is 1.04. The van der Waals surface area contributed by atoms with Crippen molar-refractivity contribution in [1.29, 1.82) is 0 Å². The number of carboxylic acid groups (broad SMARTS) is 1. The van der Waals surface area contributed by atoms with Crippen LogP contribution in [0.15, 0.2) is 50.4 Å². The summed E-state index contributed by atoms with van der Waals surface area (Å²) >= 11 is 4.13. The third kappa shape index (κ3) is 5.55. The summed E-state index contributed by atoms with van der Waals surface area (Å²) in [6.45, 7) is 3.40. The molecule has 2 amide bonds. The van der Waals surface area contributed by atoms with Crippen molar-refractivity contribution in [2.24, 2.45) is 0 Å². The molecule has 0 saturated carbocycles. The molecule has 5 rings (SSSR count). The normalized spacial score (nSPS) is 18.2. The predicted octanol–water partition coefficient (Wildman–Crippen LogP) is 3.38. The van der Waals surface area contributed by atoms with Gasteiger partial charge in [-0.15, -0.1) is 22.0 Å². The van der Waals surface area contributed by atoms with Gasteiger partial charge in [-0.05, 0) is 43.2 Å². The van der Waals surface area contributed by atoms with Gasteiger partial charge in [0.15, 0.2) is 15.8 Å². The molecule has 0 radical (unpaired) electrons. The number of hydrogen-bond donors (Lipinski definition) is 2. The van der Waals surface area contributed by atoms with E-state index in [1.54, 1.807) is 13.0 Å². The number of amides is 2. The van der Waals surface area contributed by atoms with Crippen LogP contribution in [0.3, 0.4) is 0 Å². The van der Waals surface area contributed by atoms with Crippen LogP contribution in [0.5, 0.6) is 5.75 Å². The van der Waals surface area contributed by atoms with Gasteiger partial charge in [-0.3, -0.25) is 24.6 Å². The molecule has 0 aliphatic carbocycles. The van der Waals surface area contributed by atoms with Gasteiger partial charge in [-0.2, -0.15) is 0 Å². The van der Waals surface area contributed by atoms with Crippen LogP contribution in [0, 0.1) is 24.0 Å². The van der Waals surface area contributed by atoms with Crippen molar-refractivity contribution in [3.8, 4) is 5.75 Å². The van der Waals surface area contributed by atoms with Crippen molar-refractivity contribution in [1.82, 2.24) is 20.4 Å². The molecule has 208 valence electrons. The number of benzene rings is 1. The molecule has 0 bridgehead atoms. The number of carbonyl (C=O) groups is 3. The molecule has 2 aromatic heterocycles. The largest absolute Gasteiger partial charge is 0.479 e. The lowest BCUT2D eigenvalue weighted by Gasteiger charge is -2.49. The Morgan fingerprint density at radius 1 is 1.30 bits per heavy atom. The number of fused-ring (bicyclic) bond motifs is 1. The van der Waals surface area contributed by atoms with Crippen LogP contribution in [-0.4, -0.2) is 65.8 Å². The summed E-state index contributed by atoms with van der Waals surface area (Å²) in [7, 11) is 0. The van der Waals surface area contributed by atoms with Gasteiger partial charge in [0.2, 0.25) is 0 Å². The van der Waals surface area contributed by atoms with Crippen molar-refractivity contribution in [3.63, 3.8) is 0 Å². The number of carboxylic acids is 1. The molecule has 2 aliphatic heterocycles. The molecule has 13 nitrogen and oxygen atoms in total. The molecular formula is C24H21N5O8S3. The highest BCUT2D eigenvalue weighted by Crippen LogP contribution is 2.42. The van der Waals surface area contributed by atoms with Crippen LogP contribution in [-0.2, 0) is 16.2 Å². The van der Waals surface area contributed by atoms with Crippen LogP contribution >= 0.6 is 34.9 Å². The second-order valence-corrected chi connectivity index (χ2v) is 12.3. The zero-order chi connectivity index (χ0) is 28.6. The Morgan fingerprint density at radius 2 is 2.10 bits per heavy atom. The second kappa shape index (κ2) is 11.3. The first-order chi connectivity index (χ1) is 19.1. The lowest BCUT2D eigenvalue weighted by Crippen LogP contribution is -2.70. The summed E-state index contributed by atoms with van der Waals surface area (Å²) in [5.74, 6) is -1.44. The molecule has 3 aromatic rings. The number of nitrogens with one attached hydrogen (secondary N) is 1. The zero-order valence-corrected chi connectivity index (χ0v) is 23.4. The molecule has 2 atom stereocenters. The van der Waals surface area contributed by atoms with Crippen molar-refractivity contribution < 1.29 is 33.6 Å². The molecule has 0 unspecified atom stereocenters. The van der Waals surface area contributed by atoms with E-state index < -0.39 is 34.1 Å². The molecule has 1 saturated heterocycles. The van der Waals surface area contributed by atoms with E-state index in [4.69, 9.17) is 9.15 Å². The molecule has 1 fully saturated rings. The van der Waals surface area contributed by atoms with Gasteiger partial charge in [0, 0.05) is 17.6 Å². The fourth-order valence-electron chi connectivity index (χ4n) is 4.11. The van der Waals surface area contributed by atoms with E-state index in [0.717, 1.165) is 5.01 Å². The fraction of sp³-hybridized carbons (Fsp3) is 0.292. The Balaban J connectivity index is 1.21. The van der Waals surface area contributed by atoms with Gasteiger partial charge in [0.25, 0.3) is 11.8 Å². The molecule has 2 aliphatic rings. The standard InChI is InChI=1S/C24H21N5O8S3/c1-11-3-5-16(15(7-11)29(34)35)36-8-14-4-6-17(37-14)20(30)25-18-21(31)28-19(23(32)33)13(9-38-22(18)28)10-39-24-27-26-12(2)40-24/h3-7,18,22H,8-10H2,1-2H3,(H,25,30)(H,32,33)/t18-,22+/m1/s1. The van der Waals surface area contributed by atoms with Gasteiger partial charge in [0.1, 0.15) is 34.5 Å². The summed E-state index contributed by atoms with van der Waals surface area (Å²) in [6, 6.07) is 6.53. The first kappa shape index (κ1) is 27.7. The number of nitro groups is 1. The number of ether oxygens (including phenoxy) is 1. The predicted molar refractivity (Wildman–Crippen MR) is 145 cm³/mol. The first-order valence-electron chi connectivity index (χ1n) is 11.7. The molecular weight excluding hydrogens is 582 g/mol. The van der Waals surface area contributed by atoms with Crippen LogP contribution in [0.2, 0.25) is 0 Å². The van der Waals surface area contributed by atoms with E-state index in [-0.39, 0.29) is 35.3 Å². The highest BCUT2D eigenvalue weighted by atomic mass is 32.2. The fourth-order valence-corrected chi connectivity index (χ4v) is 7.41. The maximum absolute atomic E-state index is 12.9. The third-order valence-corrected chi connectivity index (χ3v) is 9.38. The van der Waals surface area contributed by atoms with E-state index in [9.17, 15) is 29.6 Å². The number of thioether (sulfide) groups is 2. The Labute approximate surface area is 239 Å². The second-order valence-electron chi connectivity index (χ2n) is 8.78. The third-order valence-electron chi connectivity index (χ3n) is 5.98. The monoisotopic (exact) mass is 603 g/mol. The Kier molecular flexibility index (Phi) is 7.82. The topological polar surface area (TPSA) is 178 Å². The van der Waals surface area contributed by atoms with Crippen molar-refractivity contribution in [3.05, 3.63) is 73.8 Å². The van der Waals surface area contributed by atoms with Crippen LogP contribution in [0.4, 0.5) is 5.69 Å². The number of aliphatic carboxylic acids is 1. The average Bonchev–Trinajstić information content (AvgIpc) is 3.57. The minimum atomic E-state index is -1.21. The molecule has 4 heterocycles. The van der Waals surface area contributed by atoms with Crippen LogP contribution in [0.1, 0.15) is 26.9 Å². The number of carbonyl (C=O) groups excluding carboxylic acids is 2. The molecule has 2 N–H and O–H groups in total. The number of nitro benzene ring substituents is 1.